The Morgan fingerprint density at radius 1 is 1.05 bits per heavy atom. The second kappa shape index (κ2) is 8.26. The number of nitrogens with one attached hydrogen (secondary N) is 1. The van der Waals surface area contributed by atoms with E-state index in [2.05, 4.69) is 19.2 Å². The predicted molar refractivity (Wildman–Crippen MR) is 76.1 cm³/mol. The normalized spacial score (nSPS) is 14.4. The van der Waals surface area contributed by atoms with Crippen LogP contribution >= 0.6 is 0 Å². The van der Waals surface area contributed by atoms with Gasteiger partial charge in [-0.1, -0.05) is 39.2 Å². The summed E-state index contributed by atoms with van der Waals surface area (Å²) in [6, 6.07) is 4.63. The van der Waals surface area contributed by atoms with E-state index < -0.39 is 11.6 Å². The standard InChI is InChI=1S/C16H25F2N/c1-4-6-8-14(7-5-2)19-12(3)13-9-10-15(17)16(18)11-13/h9-12,14,19H,4-8H2,1-3H3. The van der Waals surface area contributed by atoms with Gasteiger partial charge in [-0.05, 0) is 37.5 Å². The number of rotatable bonds is 8. The topological polar surface area (TPSA) is 12.0 Å². The van der Waals surface area contributed by atoms with Gasteiger partial charge in [0.15, 0.2) is 11.6 Å². The number of hydrogen-bond donors (Lipinski definition) is 1. The Labute approximate surface area is 115 Å². The van der Waals surface area contributed by atoms with Crippen LogP contribution in [0.15, 0.2) is 18.2 Å². The highest BCUT2D eigenvalue weighted by Gasteiger charge is 2.14. The van der Waals surface area contributed by atoms with Crippen LogP contribution in [-0.2, 0) is 0 Å². The van der Waals surface area contributed by atoms with Crippen molar-refractivity contribution in [2.45, 2.75) is 65.0 Å². The predicted octanol–water partition coefficient (Wildman–Crippen LogP) is 4.97. The first-order valence-electron chi connectivity index (χ1n) is 7.29. The number of unbranched alkanes of at least 4 members (excludes halogenated alkanes) is 1. The van der Waals surface area contributed by atoms with Crippen molar-refractivity contribution in [1.29, 1.82) is 0 Å². The zero-order chi connectivity index (χ0) is 14.3. The van der Waals surface area contributed by atoms with E-state index in [0.29, 0.717) is 6.04 Å². The molecule has 0 aliphatic carbocycles. The van der Waals surface area contributed by atoms with Crippen molar-refractivity contribution in [2.24, 2.45) is 0 Å². The first kappa shape index (κ1) is 16.1. The lowest BCUT2D eigenvalue weighted by Crippen LogP contribution is -2.31. The number of hydrogen-bond acceptors (Lipinski definition) is 1. The van der Waals surface area contributed by atoms with Crippen LogP contribution in [-0.4, -0.2) is 6.04 Å². The summed E-state index contributed by atoms with van der Waals surface area (Å²) in [7, 11) is 0. The molecule has 0 aliphatic heterocycles. The monoisotopic (exact) mass is 269 g/mol. The first-order valence-corrected chi connectivity index (χ1v) is 7.29. The van der Waals surface area contributed by atoms with E-state index in [4.69, 9.17) is 0 Å². The Bertz CT molecular complexity index is 379. The van der Waals surface area contributed by atoms with Crippen LogP contribution in [0.2, 0.25) is 0 Å². The summed E-state index contributed by atoms with van der Waals surface area (Å²) in [6.45, 7) is 6.35. The molecule has 1 N–H and O–H groups in total. The third kappa shape index (κ3) is 5.27. The van der Waals surface area contributed by atoms with Crippen LogP contribution < -0.4 is 5.32 Å². The zero-order valence-electron chi connectivity index (χ0n) is 12.2. The SMILES string of the molecule is CCCCC(CCC)NC(C)c1ccc(F)c(F)c1. The highest BCUT2D eigenvalue weighted by molar-refractivity contribution is 5.20. The van der Waals surface area contributed by atoms with Gasteiger partial charge in [0.1, 0.15) is 0 Å². The number of benzene rings is 1. The van der Waals surface area contributed by atoms with E-state index in [1.54, 1.807) is 6.07 Å². The van der Waals surface area contributed by atoms with Crippen molar-refractivity contribution in [1.82, 2.24) is 5.32 Å². The lowest BCUT2D eigenvalue weighted by Gasteiger charge is -2.23. The van der Waals surface area contributed by atoms with Crippen LogP contribution in [0.4, 0.5) is 8.78 Å². The van der Waals surface area contributed by atoms with Crippen molar-refractivity contribution >= 4 is 0 Å². The summed E-state index contributed by atoms with van der Waals surface area (Å²) in [5, 5.41) is 3.53. The van der Waals surface area contributed by atoms with E-state index in [1.807, 2.05) is 6.92 Å². The maximum Gasteiger partial charge on any atom is 0.159 e. The Kier molecular flexibility index (Phi) is 7.00. The van der Waals surface area contributed by atoms with Gasteiger partial charge in [-0.3, -0.25) is 0 Å². The molecule has 0 amide bonds. The molecule has 0 saturated carbocycles. The van der Waals surface area contributed by atoms with E-state index in [0.717, 1.165) is 24.8 Å². The van der Waals surface area contributed by atoms with Crippen LogP contribution in [0.1, 0.15) is 64.5 Å². The minimum absolute atomic E-state index is 0.0449. The Balaban J connectivity index is 2.63. The average molecular weight is 269 g/mol. The van der Waals surface area contributed by atoms with Crippen molar-refractivity contribution < 1.29 is 8.78 Å². The van der Waals surface area contributed by atoms with Crippen molar-refractivity contribution in [2.75, 3.05) is 0 Å². The van der Waals surface area contributed by atoms with Crippen LogP contribution in [0.5, 0.6) is 0 Å². The summed E-state index contributed by atoms with van der Waals surface area (Å²) in [5.74, 6) is -1.56. The third-order valence-electron chi connectivity index (χ3n) is 3.47. The third-order valence-corrected chi connectivity index (χ3v) is 3.47. The van der Waals surface area contributed by atoms with Gasteiger partial charge in [-0.2, -0.15) is 0 Å². The molecular weight excluding hydrogens is 244 g/mol. The number of halogens is 2. The van der Waals surface area contributed by atoms with Crippen LogP contribution in [0, 0.1) is 11.6 Å². The van der Waals surface area contributed by atoms with Crippen molar-refractivity contribution in [3.63, 3.8) is 0 Å². The lowest BCUT2D eigenvalue weighted by molar-refractivity contribution is 0.394. The molecule has 2 atom stereocenters. The van der Waals surface area contributed by atoms with Crippen molar-refractivity contribution in [3.8, 4) is 0 Å². The van der Waals surface area contributed by atoms with Gasteiger partial charge >= 0.3 is 0 Å². The van der Waals surface area contributed by atoms with E-state index in [9.17, 15) is 8.78 Å². The fraction of sp³-hybridized carbons (Fsp3) is 0.625. The molecule has 108 valence electrons. The average Bonchev–Trinajstić information content (AvgIpc) is 2.39. The molecule has 19 heavy (non-hydrogen) atoms. The zero-order valence-corrected chi connectivity index (χ0v) is 12.2. The van der Waals surface area contributed by atoms with Crippen LogP contribution in [0.3, 0.4) is 0 Å². The molecule has 0 aromatic heterocycles. The van der Waals surface area contributed by atoms with Gasteiger partial charge in [-0.25, -0.2) is 8.78 Å². The van der Waals surface area contributed by atoms with Gasteiger partial charge in [0.25, 0.3) is 0 Å². The molecule has 0 radical (unpaired) electrons. The molecule has 0 saturated heterocycles. The quantitative estimate of drug-likeness (QED) is 0.702. The maximum absolute atomic E-state index is 13.2. The molecule has 0 bridgehead atoms. The smallest absolute Gasteiger partial charge is 0.159 e. The molecule has 0 heterocycles. The van der Waals surface area contributed by atoms with E-state index in [-0.39, 0.29) is 6.04 Å². The fourth-order valence-electron chi connectivity index (χ4n) is 2.34. The molecule has 0 spiro atoms. The first-order chi connectivity index (χ1) is 9.08. The molecule has 2 unspecified atom stereocenters. The van der Waals surface area contributed by atoms with Gasteiger partial charge in [0.05, 0.1) is 0 Å². The molecule has 1 rings (SSSR count). The Morgan fingerprint density at radius 2 is 1.79 bits per heavy atom. The van der Waals surface area contributed by atoms with Crippen LogP contribution in [0.25, 0.3) is 0 Å². The van der Waals surface area contributed by atoms with E-state index in [1.165, 1.54) is 25.0 Å². The molecule has 3 heteroatoms. The molecule has 1 nitrogen and oxygen atoms in total. The minimum atomic E-state index is -0.785. The lowest BCUT2D eigenvalue weighted by atomic mass is 10.0. The van der Waals surface area contributed by atoms with Gasteiger partial charge in [0.2, 0.25) is 0 Å². The molecule has 0 fully saturated rings. The molecule has 1 aromatic carbocycles. The summed E-state index contributed by atoms with van der Waals surface area (Å²) < 4.78 is 26.1. The molecule has 1 aromatic rings. The second-order valence-electron chi connectivity index (χ2n) is 5.19. The Hall–Kier alpha value is -0.960. The molecule has 0 aliphatic rings. The molecular formula is C16H25F2N. The van der Waals surface area contributed by atoms with Gasteiger partial charge in [-0.15, -0.1) is 0 Å². The summed E-state index contributed by atoms with van der Waals surface area (Å²) >= 11 is 0. The second-order valence-corrected chi connectivity index (χ2v) is 5.19. The van der Waals surface area contributed by atoms with Crippen molar-refractivity contribution in [3.05, 3.63) is 35.4 Å². The summed E-state index contributed by atoms with van der Waals surface area (Å²) in [6.07, 6.45) is 5.77. The Morgan fingerprint density at radius 3 is 2.37 bits per heavy atom. The summed E-state index contributed by atoms with van der Waals surface area (Å²) in [4.78, 5) is 0. The van der Waals surface area contributed by atoms with E-state index >= 15 is 0 Å². The largest absolute Gasteiger partial charge is 0.307 e. The maximum atomic E-state index is 13.2. The fourth-order valence-corrected chi connectivity index (χ4v) is 2.34. The van der Waals surface area contributed by atoms with Gasteiger partial charge in [0, 0.05) is 12.1 Å². The van der Waals surface area contributed by atoms with Gasteiger partial charge < -0.3 is 5.32 Å². The summed E-state index contributed by atoms with van der Waals surface area (Å²) in [5.41, 5.74) is 0.802. The highest BCUT2D eigenvalue weighted by Crippen LogP contribution is 2.18. The highest BCUT2D eigenvalue weighted by atomic mass is 19.2. The minimum Gasteiger partial charge on any atom is -0.307 e.